The second-order valence-electron chi connectivity index (χ2n) is 9.84. The third-order valence-electron chi connectivity index (χ3n) is 7.16. The molecule has 1 aliphatic carbocycles. The van der Waals surface area contributed by atoms with Crippen molar-refractivity contribution < 1.29 is 19.0 Å². The summed E-state index contributed by atoms with van der Waals surface area (Å²) in [5, 5.41) is 13.5. The maximum Gasteiger partial charge on any atom is 0.269 e. The number of amides is 1. The maximum absolute atomic E-state index is 13.5. The number of para-hydroxylation sites is 1. The van der Waals surface area contributed by atoms with Crippen LogP contribution in [0.3, 0.4) is 0 Å². The zero-order valence-electron chi connectivity index (χ0n) is 23.0. The van der Waals surface area contributed by atoms with Crippen molar-refractivity contribution in [3.05, 3.63) is 112 Å². The number of fused-ring (bicyclic) bond motifs is 1. The standard InChI is InChI=1S/C33H26N4O5/c1-40-30-17-25-27(18-31(30)41-2)35-15-14-29(25)42-23-12-10-21(11-13-23)36-32(38)26-16-24(20-8-9-20)28(19-34)37(33(26)39)22-6-4-3-5-7-22/h3-7,10-18,20H,8-9H2,1-2H3,(H,36,38). The van der Waals surface area contributed by atoms with Gasteiger partial charge in [0.2, 0.25) is 0 Å². The van der Waals surface area contributed by atoms with Crippen molar-refractivity contribution in [2.24, 2.45) is 0 Å². The van der Waals surface area contributed by atoms with Crippen molar-refractivity contribution in [3.8, 4) is 34.8 Å². The van der Waals surface area contributed by atoms with Gasteiger partial charge in [-0.3, -0.25) is 19.1 Å². The van der Waals surface area contributed by atoms with Gasteiger partial charge in [0, 0.05) is 29.0 Å². The average molecular weight is 559 g/mol. The van der Waals surface area contributed by atoms with Gasteiger partial charge in [-0.1, -0.05) is 18.2 Å². The molecule has 5 aromatic rings. The van der Waals surface area contributed by atoms with Crippen LogP contribution in [0.2, 0.25) is 0 Å². The van der Waals surface area contributed by atoms with E-state index in [4.69, 9.17) is 14.2 Å². The molecule has 0 atom stereocenters. The van der Waals surface area contributed by atoms with Crippen molar-refractivity contribution in [2.75, 3.05) is 19.5 Å². The number of nitrogens with zero attached hydrogens (tertiary/aromatic N) is 3. The van der Waals surface area contributed by atoms with E-state index >= 15 is 0 Å². The zero-order valence-corrected chi connectivity index (χ0v) is 23.0. The summed E-state index contributed by atoms with van der Waals surface area (Å²) in [6.45, 7) is 0. The minimum Gasteiger partial charge on any atom is -0.493 e. The van der Waals surface area contributed by atoms with Crippen molar-refractivity contribution in [3.63, 3.8) is 0 Å². The highest BCUT2D eigenvalue weighted by Crippen LogP contribution is 2.42. The van der Waals surface area contributed by atoms with E-state index in [0.29, 0.717) is 45.5 Å². The van der Waals surface area contributed by atoms with E-state index in [1.807, 2.05) is 6.07 Å². The van der Waals surface area contributed by atoms with Gasteiger partial charge >= 0.3 is 0 Å². The Balaban J connectivity index is 1.27. The second-order valence-corrected chi connectivity index (χ2v) is 9.84. The lowest BCUT2D eigenvalue weighted by atomic mass is 10.0. The maximum atomic E-state index is 13.5. The Hall–Kier alpha value is -5.62. The van der Waals surface area contributed by atoms with E-state index in [0.717, 1.165) is 18.2 Å². The average Bonchev–Trinajstić information content (AvgIpc) is 3.87. The number of carbonyl (C=O) groups is 1. The molecule has 1 amide bonds. The first-order valence-electron chi connectivity index (χ1n) is 13.4. The summed E-state index contributed by atoms with van der Waals surface area (Å²) in [6.07, 6.45) is 3.47. The summed E-state index contributed by atoms with van der Waals surface area (Å²) in [5.41, 5.74) is 2.13. The lowest BCUT2D eigenvalue weighted by Gasteiger charge is -2.15. The van der Waals surface area contributed by atoms with Gasteiger partial charge in [-0.25, -0.2) is 0 Å². The molecular weight excluding hydrogens is 532 g/mol. The zero-order chi connectivity index (χ0) is 29.2. The first-order valence-corrected chi connectivity index (χ1v) is 13.4. The van der Waals surface area contributed by atoms with Crippen molar-refractivity contribution >= 4 is 22.5 Å². The van der Waals surface area contributed by atoms with Gasteiger partial charge in [-0.15, -0.1) is 0 Å². The fourth-order valence-electron chi connectivity index (χ4n) is 4.91. The number of hydrogen-bond acceptors (Lipinski definition) is 7. The fraction of sp³-hybridized carbons (Fsp3) is 0.152. The van der Waals surface area contributed by atoms with Gasteiger partial charge in [0.05, 0.1) is 19.7 Å². The van der Waals surface area contributed by atoms with Crippen molar-refractivity contribution in [1.29, 1.82) is 5.26 Å². The van der Waals surface area contributed by atoms with E-state index in [1.165, 1.54) is 4.57 Å². The molecule has 1 saturated carbocycles. The van der Waals surface area contributed by atoms with Crippen LogP contribution in [0.1, 0.15) is 40.4 Å². The highest BCUT2D eigenvalue weighted by Gasteiger charge is 2.31. The third-order valence-corrected chi connectivity index (χ3v) is 7.16. The Kier molecular flexibility index (Phi) is 7.03. The van der Waals surface area contributed by atoms with Gasteiger partial charge in [-0.2, -0.15) is 5.26 Å². The number of hydrogen-bond donors (Lipinski definition) is 1. The minimum absolute atomic E-state index is 0.0206. The topological polar surface area (TPSA) is 115 Å². The molecule has 0 spiro atoms. The van der Waals surface area contributed by atoms with Crippen molar-refractivity contribution in [1.82, 2.24) is 9.55 Å². The Labute approximate surface area is 241 Å². The lowest BCUT2D eigenvalue weighted by Crippen LogP contribution is -2.31. The first-order chi connectivity index (χ1) is 20.5. The Morgan fingerprint density at radius 1 is 0.952 bits per heavy atom. The van der Waals surface area contributed by atoms with Gasteiger partial charge in [0.1, 0.15) is 28.8 Å². The number of nitriles is 1. The molecule has 1 fully saturated rings. The van der Waals surface area contributed by atoms with E-state index in [1.54, 1.807) is 93.2 Å². The third kappa shape index (κ3) is 5.02. The summed E-state index contributed by atoms with van der Waals surface area (Å²) in [6, 6.07) is 24.8. The number of carbonyl (C=O) groups excluding carboxylic acids is 1. The molecule has 0 bridgehead atoms. The smallest absolute Gasteiger partial charge is 0.269 e. The highest BCUT2D eigenvalue weighted by atomic mass is 16.5. The number of rotatable bonds is 8. The number of nitrogens with one attached hydrogen (secondary N) is 1. The number of ether oxygens (including phenoxy) is 3. The van der Waals surface area contributed by atoms with Crippen LogP contribution in [0.4, 0.5) is 5.69 Å². The molecule has 9 heteroatoms. The predicted octanol–water partition coefficient (Wildman–Crippen LogP) is 6.20. The molecule has 208 valence electrons. The summed E-state index contributed by atoms with van der Waals surface area (Å²) >= 11 is 0. The minimum atomic E-state index is -0.550. The number of pyridine rings is 2. The molecule has 6 rings (SSSR count). The van der Waals surface area contributed by atoms with Crippen LogP contribution in [0.15, 0.2) is 89.9 Å². The molecule has 1 N–H and O–H groups in total. The second kappa shape index (κ2) is 11.1. The largest absolute Gasteiger partial charge is 0.493 e. The van der Waals surface area contributed by atoms with E-state index in [2.05, 4.69) is 16.4 Å². The number of anilines is 1. The molecule has 0 unspecified atom stereocenters. The molecule has 0 aliphatic heterocycles. The van der Waals surface area contributed by atoms with Crippen LogP contribution in [0.5, 0.6) is 23.0 Å². The van der Waals surface area contributed by atoms with Crippen molar-refractivity contribution in [2.45, 2.75) is 18.8 Å². The molecule has 3 aromatic carbocycles. The molecule has 9 nitrogen and oxygen atoms in total. The summed E-state index contributed by atoms with van der Waals surface area (Å²) < 4.78 is 18.3. The van der Waals surface area contributed by atoms with Gasteiger partial charge in [0.25, 0.3) is 11.5 Å². The Bertz CT molecular complexity index is 1910. The first kappa shape index (κ1) is 26.6. The fourth-order valence-corrected chi connectivity index (χ4v) is 4.91. The Morgan fingerprint density at radius 2 is 1.67 bits per heavy atom. The van der Waals surface area contributed by atoms with Crippen LogP contribution in [0, 0.1) is 11.3 Å². The van der Waals surface area contributed by atoms with Gasteiger partial charge in [-0.05, 0) is 78.9 Å². The molecule has 0 saturated heterocycles. The highest BCUT2D eigenvalue weighted by molar-refractivity contribution is 6.04. The molecule has 0 radical (unpaired) electrons. The van der Waals surface area contributed by atoms with Crippen LogP contribution in [0.25, 0.3) is 16.6 Å². The van der Waals surface area contributed by atoms with Crippen LogP contribution in [-0.2, 0) is 0 Å². The van der Waals surface area contributed by atoms with Crippen LogP contribution < -0.4 is 25.1 Å². The summed E-state index contributed by atoms with van der Waals surface area (Å²) in [5.74, 6) is 1.84. The van der Waals surface area contributed by atoms with Crippen LogP contribution >= 0.6 is 0 Å². The molecule has 1 aliphatic rings. The van der Waals surface area contributed by atoms with E-state index in [9.17, 15) is 14.9 Å². The quantitative estimate of drug-likeness (QED) is 0.241. The van der Waals surface area contributed by atoms with E-state index < -0.39 is 11.5 Å². The lowest BCUT2D eigenvalue weighted by molar-refractivity contribution is 0.102. The predicted molar refractivity (Wildman–Crippen MR) is 158 cm³/mol. The molecule has 2 heterocycles. The van der Waals surface area contributed by atoms with Crippen LogP contribution in [-0.4, -0.2) is 29.7 Å². The summed E-state index contributed by atoms with van der Waals surface area (Å²) in [7, 11) is 3.13. The molecule has 2 aromatic heterocycles. The summed E-state index contributed by atoms with van der Waals surface area (Å²) in [4.78, 5) is 31.3. The number of benzene rings is 3. The SMILES string of the molecule is COc1cc2nccc(Oc3ccc(NC(=O)c4cc(C5CC5)c(C#N)n(-c5ccccc5)c4=O)cc3)c2cc1OC. The molecule has 42 heavy (non-hydrogen) atoms. The normalized spacial score (nSPS) is 12.4. The van der Waals surface area contributed by atoms with Gasteiger partial charge < -0.3 is 19.5 Å². The van der Waals surface area contributed by atoms with Gasteiger partial charge in [0.15, 0.2) is 11.5 Å². The van der Waals surface area contributed by atoms with E-state index in [-0.39, 0.29) is 17.2 Å². The Morgan fingerprint density at radius 3 is 2.33 bits per heavy atom. The number of aromatic nitrogens is 2. The molecular formula is C33H26N4O5. The number of methoxy groups -OCH3 is 2. The monoisotopic (exact) mass is 558 g/mol.